The van der Waals surface area contributed by atoms with Crippen LogP contribution in [-0.2, 0) is 4.79 Å². The first-order chi connectivity index (χ1) is 16.9. The van der Waals surface area contributed by atoms with Crippen molar-refractivity contribution in [2.75, 3.05) is 39.1 Å². The predicted octanol–water partition coefficient (Wildman–Crippen LogP) is 5.39. The Kier molecular flexibility index (Phi) is 8.74. The van der Waals surface area contributed by atoms with Crippen molar-refractivity contribution < 1.29 is 28.5 Å². The minimum absolute atomic E-state index is 0.299. The molecule has 9 heteroatoms. The first kappa shape index (κ1) is 25.6. The maximum Gasteiger partial charge on any atom is 0.255 e. The second-order valence-corrected chi connectivity index (χ2v) is 7.99. The Bertz CT molecular complexity index is 1240. The third-order valence-electron chi connectivity index (χ3n) is 4.95. The highest BCUT2D eigenvalue weighted by atomic mass is 79.9. The number of nitrogens with one attached hydrogen (secondary N) is 2. The Morgan fingerprint density at radius 3 is 1.94 bits per heavy atom. The number of hydrogen-bond donors (Lipinski definition) is 2. The Morgan fingerprint density at radius 1 is 0.771 bits per heavy atom. The van der Waals surface area contributed by atoms with Crippen LogP contribution >= 0.6 is 15.9 Å². The van der Waals surface area contributed by atoms with E-state index in [9.17, 15) is 9.59 Å². The Morgan fingerprint density at radius 2 is 1.37 bits per heavy atom. The lowest BCUT2D eigenvalue weighted by Crippen LogP contribution is -2.14. The van der Waals surface area contributed by atoms with E-state index in [-0.39, 0.29) is 5.91 Å². The number of carbonyl (C=O) groups excluding carboxylic acids is 2. The van der Waals surface area contributed by atoms with E-state index in [1.165, 1.54) is 27.4 Å². The molecule has 2 amide bonds. The van der Waals surface area contributed by atoms with Crippen LogP contribution in [0.3, 0.4) is 0 Å². The van der Waals surface area contributed by atoms with Gasteiger partial charge in [-0.3, -0.25) is 9.59 Å². The van der Waals surface area contributed by atoms with Crippen LogP contribution in [0.5, 0.6) is 23.0 Å². The fraction of sp³-hybridized carbons (Fsp3) is 0.154. The Labute approximate surface area is 212 Å². The fourth-order valence-electron chi connectivity index (χ4n) is 3.26. The van der Waals surface area contributed by atoms with Crippen molar-refractivity contribution >= 4 is 45.2 Å². The van der Waals surface area contributed by atoms with E-state index in [0.717, 1.165) is 5.56 Å². The Balaban J connectivity index is 1.80. The van der Waals surface area contributed by atoms with Gasteiger partial charge in [-0.25, -0.2) is 0 Å². The van der Waals surface area contributed by atoms with Gasteiger partial charge in [0.05, 0.1) is 44.3 Å². The lowest BCUT2D eigenvalue weighted by Gasteiger charge is -2.16. The van der Waals surface area contributed by atoms with E-state index in [2.05, 4.69) is 26.6 Å². The summed E-state index contributed by atoms with van der Waals surface area (Å²) in [5.41, 5.74) is 2.01. The monoisotopic (exact) mass is 540 g/mol. The van der Waals surface area contributed by atoms with E-state index in [0.29, 0.717) is 44.4 Å². The van der Waals surface area contributed by atoms with E-state index < -0.39 is 5.91 Å². The average molecular weight is 541 g/mol. The number of halogens is 1. The van der Waals surface area contributed by atoms with Crippen molar-refractivity contribution in [2.45, 2.75) is 0 Å². The summed E-state index contributed by atoms with van der Waals surface area (Å²) in [5.74, 6) is 1.11. The third-order valence-corrected chi connectivity index (χ3v) is 5.54. The zero-order valence-corrected chi connectivity index (χ0v) is 21.3. The molecule has 0 spiro atoms. The largest absolute Gasteiger partial charge is 0.494 e. The summed E-state index contributed by atoms with van der Waals surface area (Å²) >= 11 is 3.43. The van der Waals surface area contributed by atoms with Crippen LogP contribution in [0.1, 0.15) is 15.9 Å². The second kappa shape index (κ2) is 11.9. The van der Waals surface area contributed by atoms with Crippen molar-refractivity contribution in [1.29, 1.82) is 0 Å². The number of benzene rings is 3. The molecular formula is C26H25BrN2O6. The number of ether oxygens (including phenoxy) is 4. The van der Waals surface area contributed by atoms with E-state index >= 15 is 0 Å². The molecule has 0 aliphatic rings. The van der Waals surface area contributed by atoms with Gasteiger partial charge in [-0.05, 0) is 51.8 Å². The van der Waals surface area contributed by atoms with Crippen molar-refractivity contribution in [3.8, 4) is 23.0 Å². The van der Waals surface area contributed by atoms with Gasteiger partial charge >= 0.3 is 0 Å². The third kappa shape index (κ3) is 6.33. The van der Waals surface area contributed by atoms with Crippen LogP contribution in [0.2, 0.25) is 0 Å². The van der Waals surface area contributed by atoms with Crippen LogP contribution in [-0.4, -0.2) is 40.3 Å². The summed E-state index contributed by atoms with van der Waals surface area (Å²) in [6, 6.07) is 15.5. The summed E-state index contributed by atoms with van der Waals surface area (Å²) in [5, 5.41) is 5.58. The van der Waals surface area contributed by atoms with Gasteiger partial charge in [-0.1, -0.05) is 18.2 Å². The molecule has 0 aliphatic heterocycles. The normalized spacial score (nSPS) is 10.5. The summed E-state index contributed by atoms with van der Waals surface area (Å²) < 4.78 is 22.2. The first-order valence-corrected chi connectivity index (χ1v) is 11.2. The average Bonchev–Trinajstić information content (AvgIpc) is 2.88. The molecule has 0 fully saturated rings. The van der Waals surface area contributed by atoms with Crippen LogP contribution < -0.4 is 29.6 Å². The van der Waals surface area contributed by atoms with Gasteiger partial charge in [0.2, 0.25) is 5.91 Å². The summed E-state index contributed by atoms with van der Waals surface area (Å²) in [6.07, 6.45) is 3.02. The molecule has 0 bridgehead atoms. The molecule has 3 aromatic carbocycles. The highest BCUT2D eigenvalue weighted by molar-refractivity contribution is 9.10. The molecule has 0 atom stereocenters. The van der Waals surface area contributed by atoms with Gasteiger partial charge < -0.3 is 29.6 Å². The van der Waals surface area contributed by atoms with Crippen molar-refractivity contribution in [2.24, 2.45) is 0 Å². The van der Waals surface area contributed by atoms with Gasteiger partial charge in [0.15, 0.2) is 11.5 Å². The number of amides is 2. The molecule has 8 nitrogen and oxygen atoms in total. The van der Waals surface area contributed by atoms with E-state index in [1.807, 2.05) is 6.07 Å². The number of anilines is 2. The number of rotatable bonds is 9. The highest BCUT2D eigenvalue weighted by Gasteiger charge is 2.16. The molecule has 0 saturated heterocycles. The van der Waals surface area contributed by atoms with Crippen LogP contribution in [0, 0.1) is 0 Å². The SMILES string of the molecule is COc1cc(NC(=O)c2ccccc2)c(OC)cc1NC(=O)C=Cc1cc(Br)c(OC)c(OC)c1. The lowest BCUT2D eigenvalue weighted by molar-refractivity contribution is -0.111. The van der Waals surface area contributed by atoms with Gasteiger partial charge in [-0.2, -0.15) is 0 Å². The van der Waals surface area contributed by atoms with Gasteiger partial charge in [0.1, 0.15) is 11.5 Å². The highest BCUT2D eigenvalue weighted by Crippen LogP contribution is 2.38. The molecule has 3 rings (SSSR count). The Hall–Kier alpha value is -3.98. The minimum Gasteiger partial charge on any atom is -0.494 e. The molecule has 3 aromatic rings. The zero-order valence-electron chi connectivity index (χ0n) is 19.7. The van der Waals surface area contributed by atoms with Crippen LogP contribution in [0.25, 0.3) is 6.08 Å². The molecule has 0 saturated carbocycles. The van der Waals surface area contributed by atoms with E-state index in [1.54, 1.807) is 61.7 Å². The standard InChI is InChI=1S/C26H25BrN2O6/c1-32-21-15-20(29-26(31)17-8-6-5-7-9-17)22(33-2)14-19(21)28-24(30)11-10-16-12-18(27)25(35-4)23(13-16)34-3/h5-15H,1-4H3,(H,28,30)(H,29,31). The summed E-state index contributed by atoms with van der Waals surface area (Å²) in [6.45, 7) is 0. The molecule has 0 unspecified atom stereocenters. The number of hydrogen-bond acceptors (Lipinski definition) is 6. The minimum atomic E-state index is -0.391. The maximum atomic E-state index is 12.6. The zero-order chi connectivity index (χ0) is 25.4. The molecular weight excluding hydrogens is 516 g/mol. The topological polar surface area (TPSA) is 95.1 Å². The lowest BCUT2D eigenvalue weighted by atomic mass is 10.1. The van der Waals surface area contributed by atoms with Crippen molar-refractivity contribution in [1.82, 2.24) is 0 Å². The van der Waals surface area contributed by atoms with Crippen LogP contribution in [0.4, 0.5) is 11.4 Å². The fourth-order valence-corrected chi connectivity index (χ4v) is 3.88. The smallest absolute Gasteiger partial charge is 0.255 e. The maximum absolute atomic E-state index is 12.6. The molecule has 2 N–H and O–H groups in total. The molecule has 0 aliphatic carbocycles. The van der Waals surface area contributed by atoms with Gasteiger partial charge in [0.25, 0.3) is 5.91 Å². The summed E-state index contributed by atoms with van der Waals surface area (Å²) in [4.78, 5) is 25.2. The first-order valence-electron chi connectivity index (χ1n) is 10.4. The molecule has 35 heavy (non-hydrogen) atoms. The molecule has 182 valence electrons. The second-order valence-electron chi connectivity index (χ2n) is 7.13. The molecule has 0 heterocycles. The summed E-state index contributed by atoms with van der Waals surface area (Å²) in [7, 11) is 6.03. The molecule has 0 radical (unpaired) electrons. The van der Waals surface area contributed by atoms with Crippen LogP contribution in [0.15, 0.2) is 65.1 Å². The molecule has 0 aromatic heterocycles. The van der Waals surface area contributed by atoms with Gasteiger partial charge in [-0.15, -0.1) is 0 Å². The van der Waals surface area contributed by atoms with Crippen molar-refractivity contribution in [3.63, 3.8) is 0 Å². The number of methoxy groups -OCH3 is 4. The van der Waals surface area contributed by atoms with E-state index in [4.69, 9.17) is 18.9 Å². The van der Waals surface area contributed by atoms with Crippen molar-refractivity contribution in [3.05, 3.63) is 76.3 Å². The quantitative estimate of drug-likeness (QED) is 0.353. The van der Waals surface area contributed by atoms with Gasteiger partial charge in [0, 0.05) is 23.8 Å². The number of carbonyl (C=O) groups is 2. The predicted molar refractivity (Wildman–Crippen MR) is 139 cm³/mol.